The lowest BCUT2D eigenvalue weighted by Crippen LogP contribution is -2.37. The van der Waals surface area contributed by atoms with E-state index >= 15 is 0 Å². The first-order chi connectivity index (χ1) is 12.1. The number of aromatic amines is 1. The highest BCUT2D eigenvalue weighted by Gasteiger charge is 2.07. The molecular weight excluding hydrogens is 330 g/mol. The predicted molar refractivity (Wildman–Crippen MR) is 107 cm³/mol. The third kappa shape index (κ3) is 4.20. The minimum absolute atomic E-state index is 0.753. The molecule has 132 valence electrons. The van der Waals surface area contributed by atoms with Crippen LogP contribution >= 0.6 is 11.3 Å². The summed E-state index contributed by atoms with van der Waals surface area (Å²) in [5, 5.41) is 9.16. The van der Waals surface area contributed by atoms with Crippen LogP contribution in [0.4, 0.5) is 0 Å². The van der Waals surface area contributed by atoms with Crippen LogP contribution in [0.2, 0.25) is 0 Å². The minimum Gasteiger partial charge on any atom is -0.361 e. The van der Waals surface area contributed by atoms with E-state index in [9.17, 15) is 0 Å². The Morgan fingerprint density at radius 1 is 1.24 bits per heavy atom. The molecule has 2 aromatic heterocycles. The second kappa shape index (κ2) is 7.70. The van der Waals surface area contributed by atoms with E-state index in [1.54, 1.807) is 18.4 Å². The number of hydrogen-bond donors (Lipinski definition) is 3. The Hall–Kier alpha value is -2.34. The van der Waals surface area contributed by atoms with Crippen LogP contribution in [-0.4, -0.2) is 29.5 Å². The minimum atomic E-state index is 0.753. The molecule has 0 fully saturated rings. The molecule has 3 rings (SSSR count). The second-order valence-corrected chi connectivity index (χ2v) is 7.49. The maximum Gasteiger partial charge on any atom is 0.191 e. The molecule has 5 nitrogen and oxygen atoms in total. The summed E-state index contributed by atoms with van der Waals surface area (Å²) in [6.07, 6.45) is 3.05. The second-order valence-electron chi connectivity index (χ2n) is 6.21. The maximum absolute atomic E-state index is 4.46. The number of hydrogen-bond acceptors (Lipinski definition) is 3. The molecule has 1 aromatic carbocycles. The zero-order valence-corrected chi connectivity index (χ0v) is 16.0. The molecule has 3 aromatic rings. The molecule has 0 spiro atoms. The summed E-state index contributed by atoms with van der Waals surface area (Å²) >= 11 is 1.73. The molecule has 0 aliphatic rings. The van der Waals surface area contributed by atoms with E-state index in [-0.39, 0.29) is 0 Å². The van der Waals surface area contributed by atoms with Crippen molar-refractivity contribution in [1.29, 1.82) is 0 Å². The molecule has 3 N–H and O–H groups in total. The van der Waals surface area contributed by atoms with Gasteiger partial charge in [0.15, 0.2) is 5.96 Å². The number of aliphatic imine (C=N–C) groups is 1. The van der Waals surface area contributed by atoms with E-state index in [1.807, 2.05) is 6.92 Å². The highest BCUT2D eigenvalue weighted by molar-refractivity contribution is 7.11. The van der Waals surface area contributed by atoms with E-state index in [0.29, 0.717) is 0 Å². The van der Waals surface area contributed by atoms with E-state index < -0.39 is 0 Å². The molecule has 0 saturated carbocycles. The van der Waals surface area contributed by atoms with Gasteiger partial charge in [-0.15, -0.1) is 11.3 Å². The lowest BCUT2D eigenvalue weighted by atomic mass is 10.1. The van der Waals surface area contributed by atoms with Gasteiger partial charge in [0.05, 0.1) is 17.2 Å². The van der Waals surface area contributed by atoms with E-state index in [0.717, 1.165) is 36.2 Å². The summed E-state index contributed by atoms with van der Waals surface area (Å²) in [6.45, 7) is 7.79. The standard InChI is InChI=1S/C19H25N5S/c1-12-5-6-16-15(10-22-17(16)9-12)7-8-21-19(20-4)23-11-18-13(2)24-14(3)25-18/h5-6,9-10,22H,7-8,11H2,1-4H3,(H2,20,21,23). The van der Waals surface area contributed by atoms with Crippen LogP contribution in [0.1, 0.15) is 26.7 Å². The fourth-order valence-electron chi connectivity index (χ4n) is 2.94. The number of nitrogens with one attached hydrogen (secondary N) is 3. The average Bonchev–Trinajstić information content (AvgIpc) is 3.12. The molecular formula is C19H25N5S. The van der Waals surface area contributed by atoms with E-state index in [2.05, 4.69) is 63.8 Å². The molecule has 0 radical (unpaired) electrons. The zero-order chi connectivity index (χ0) is 17.8. The summed E-state index contributed by atoms with van der Waals surface area (Å²) in [4.78, 5) is 13.4. The number of nitrogens with zero attached hydrogens (tertiary/aromatic N) is 2. The molecule has 0 unspecified atom stereocenters. The van der Waals surface area contributed by atoms with Crippen LogP contribution in [0.3, 0.4) is 0 Å². The summed E-state index contributed by atoms with van der Waals surface area (Å²) in [7, 11) is 1.80. The topological polar surface area (TPSA) is 65.1 Å². The monoisotopic (exact) mass is 355 g/mol. The number of aryl methyl sites for hydroxylation is 3. The van der Waals surface area contributed by atoms with E-state index in [1.165, 1.54) is 26.9 Å². The van der Waals surface area contributed by atoms with Gasteiger partial charge < -0.3 is 15.6 Å². The molecule has 0 aliphatic carbocycles. The fraction of sp³-hybridized carbons (Fsp3) is 0.368. The first kappa shape index (κ1) is 17.5. The Kier molecular flexibility index (Phi) is 5.38. The van der Waals surface area contributed by atoms with E-state index in [4.69, 9.17) is 0 Å². The number of guanidine groups is 1. The highest BCUT2D eigenvalue weighted by atomic mass is 32.1. The average molecular weight is 356 g/mol. The van der Waals surface area contributed by atoms with Crippen LogP contribution in [0.25, 0.3) is 10.9 Å². The van der Waals surface area contributed by atoms with Gasteiger partial charge in [-0.05, 0) is 44.4 Å². The van der Waals surface area contributed by atoms with Crippen molar-refractivity contribution < 1.29 is 0 Å². The third-order valence-electron chi connectivity index (χ3n) is 4.25. The molecule has 0 atom stereocenters. The highest BCUT2D eigenvalue weighted by Crippen LogP contribution is 2.19. The summed E-state index contributed by atoms with van der Waals surface area (Å²) in [5.74, 6) is 0.820. The molecule has 0 bridgehead atoms. The first-order valence-corrected chi connectivity index (χ1v) is 9.32. The summed E-state index contributed by atoms with van der Waals surface area (Å²) in [5.41, 5.74) is 4.90. The van der Waals surface area contributed by atoms with Gasteiger partial charge in [-0.1, -0.05) is 12.1 Å². The number of fused-ring (bicyclic) bond motifs is 1. The lowest BCUT2D eigenvalue weighted by molar-refractivity contribution is 0.798. The summed E-state index contributed by atoms with van der Waals surface area (Å²) in [6, 6.07) is 6.54. The van der Waals surface area contributed by atoms with Crippen molar-refractivity contribution in [1.82, 2.24) is 20.6 Å². The smallest absolute Gasteiger partial charge is 0.191 e. The molecule has 0 amide bonds. The number of rotatable bonds is 5. The van der Waals surface area contributed by atoms with Crippen molar-refractivity contribution in [2.75, 3.05) is 13.6 Å². The molecule has 0 aliphatic heterocycles. The Bertz CT molecular complexity index is 890. The molecule has 2 heterocycles. The normalized spacial score (nSPS) is 11.9. The Labute approximate surface area is 152 Å². The van der Waals surface area contributed by atoms with Crippen LogP contribution < -0.4 is 10.6 Å². The Balaban J connectivity index is 1.53. The van der Waals surface area contributed by atoms with Crippen LogP contribution in [0.15, 0.2) is 29.4 Å². The van der Waals surface area contributed by atoms with Crippen molar-refractivity contribution in [3.05, 3.63) is 51.1 Å². The quantitative estimate of drug-likeness (QED) is 0.485. The Morgan fingerprint density at radius 3 is 2.80 bits per heavy atom. The number of thiazole rings is 1. The molecule has 0 saturated heterocycles. The summed E-state index contributed by atoms with van der Waals surface area (Å²) < 4.78 is 0. The van der Waals surface area contributed by atoms with Gasteiger partial charge in [0, 0.05) is 35.6 Å². The largest absolute Gasteiger partial charge is 0.361 e. The number of H-pyrrole nitrogens is 1. The van der Waals surface area contributed by atoms with Gasteiger partial charge in [0.25, 0.3) is 0 Å². The first-order valence-electron chi connectivity index (χ1n) is 8.51. The third-order valence-corrected chi connectivity index (χ3v) is 5.32. The van der Waals surface area contributed by atoms with Gasteiger partial charge in [-0.25, -0.2) is 4.98 Å². The van der Waals surface area contributed by atoms with Crippen LogP contribution in [-0.2, 0) is 13.0 Å². The zero-order valence-electron chi connectivity index (χ0n) is 15.2. The van der Waals surface area contributed by atoms with Gasteiger partial charge in [0.1, 0.15) is 0 Å². The predicted octanol–water partition coefficient (Wildman–Crippen LogP) is 3.46. The van der Waals surface area contributed by atoms with Gasteiger partial charge in [-0.3, -0.25) is 4.99 Å². The van der Waals surface area contributed by atoms with Crippen LogP contribution in [0, 0.1) is 20.8 Å². The van der Waals surface area contributed by atoms with Crippen molar-refractivity contribution in [2.24, 2.45) is 4.99 Å². The maximum atomic E-state index is 4.46. The lowest BCUT2D eigenvalue weighted by Gasteiger charge is -2.11. The van der Waals surface area contributed by atoms with Crippen molar-refractivity contribution in [3.63, 3.8) is 0 Å². The molecule has 6 heteroatoms. The van der Waals surface area contributed by atoms with Gasteiger partial charge in [0.2, 0.25) is 0 Å². The molecule has 25 heavy (non-hydrogen) atoms. The van der Waals surface area contributed by atoms with Crippen molar-refractivity contribution in [2.45, 2.75) is 33.7 Å². The number of aromatic nitrogens is 2. The van der Waals surface area contributed by atoms with Crippen LogP contribution in [0.5, 0.6) is 0 Å². The van der Waals surface area contributed by atoms with Crippen molar-refractivity contribution >= 4 is 28.2 Å². The fourth-order valence-corrected chi connectivity index (χ4v) is 3.82. The van der Waals surface area contributed by atoms with Gasteiger partial charge >= 0.3 is 0 Å². The van der Waals surface area contributed by atoms with Crippen molar-refractivity contribution in [3.8, 4) is 0 Å². The SMILES string of the molecule is CN=C(NCCc1c[nH]c2cc(C)ccc12)NCc1sc(C)nc1C. The number of benzene rings is 1. The Morgan fingerprint density at radius 2 is 2.08 bits per heavy atom. The van der Waals surface area contributed by atoms with Gasteiger partial charge in [-0.2, -0.15) is 0 Å².